The van der Waals surface area contributed by atoms with Crippen molar-refractivity contribution in [1.82, 2.24) is 9.97 Å². The van der Waals surface area contributed by atoms with Gasteiger partial charge in [-0.2, -0.15) is 0 Å². The summed E-state index contributed by atoms with van der Waals surface area (Å²) in [6, 6.07) is 6.77. The van der Waals surface area contributed by atoms with Gasteiger partial charge in [0.1, 0.15) is 17.8 Å². The molecule has 0 bridgehead atoms. The third-order valence-corrected chi connectivity index (χ3v) is 2.02. The smallest absolute Gasteiger partial charge is 0.222 e. The SMILES string of the molecule is Cc1c(O)cccc1Oc1ccncn1. The van der Waals surface area contributed by atoms with Crippen LogP contribution in [0.5, 0.6) is 17.4 Å². The van der Waals surface area contributed by atoms with E-state index >= 15 is 0 Å². The molecule has 1 aromatic heterocycles. The number of aromatic nitrogens is 2. The molecule has 1 aromatic carbocycles. The summed E-state index contributed by atoms with van der Waals surface area (Å²) in [7, 11) is 0. The van der Waals surface area contributed by atoms with Crippen LogP contribution in [0, 0.1) is 6.92 Å². The lowest BCUT2D eigenvalue weighted by atomic mass is 10.2. The molecule has 0 saturated carbocycles. The number of hydrogen-bond donors (Lipinski definition) is 1. The van der Waals surface area contributed by atoms with Gasteiger partial charge in [-0.25, -0.2) is 9.97 Å². The van der Waals surface area contributed by atoms with Crippen molar-refractivity contribution in [1.29, 1.82) is 0 Å². The maximum atomic E-state index is 9.47. The Bertz CT molecular complexity index is 457. The molecule has 76 valence electrons. The molecule has 0 unspecified atom stereocenters. The Morgan fingerprint density at radius 2 is 2.13 bits per heavy atom. The highest BCUT2D eigenvalue weighted by molar-refractivity contribution is 5.43. The first-order chi connectivity index (χ1) is 7.27. The van der Waals surface area contributed by atoms with Crippen LogP contribution in [0.2, 0.25) is 0 Å². The predicted molar refractivity (Wildman–Crippen MR) is 54.9 cm³/mol. The molecule has 15 heavy (non-hydrogen) atoms. The quantitative estimate of drug-likeness (QED) is 0.811. The molecule has 4 heteroatoms. The molecule has 0 radical (unpaired) electrons. The first-order valence-corrected chi connectivity index (χ1v) is 4.50. The lowest BCUT2D eigenvalue weighted by Crippen LogP contribution is -1.90. The summed E-state index contributed by atoms with van der Waals surface area (Å²) < 4.78 is 5.48. The second-order valence-corrected chi connectivity index (χ2v) is 3.05. The van der Waals surface area contributed by atoms with E-state index in [0.717, 1.165) is 0 Å². The number of phenols is 1. The average Bonchev–Trinajstić information content (AvgIpc) is 2.26. The van der Waals surface area contributed by atoms with E-state index in [4.69, 9.17) is 4.74 Å². The highest BCUT2D eigenvalue weighted by Gasteiger charge is 2.04. The second kappa shape index (κ2) is 3.96. The Morgan fingerprint density at radius 3 is 2.87 bits per heavy atom. The standard InChI is InChI=1S/C11H10N2O2/c1-8-9(14)3-2-4-10(8)15-11-5-6-12-7-13-11/h2-7,14H,1H3. The minimum atomic E-state index is 0.210. The normalized spacial score (nSPS) is 9.93. The van der Waals surface area contributed by atoms with Gasteiger partial charge in [-0.1, -0.05) is 6.07 Å². The Morgan fingerprint density at radius 1 is 1.27 bits per heavy atom. The summed E-state index contributed by atoms with van der Waals surface area (Å²) in [5.41, 5.74) is 0.691. The van der Waals surface area contributed by atoms with E-state index in [-0.39, 0.29) is 5.75 Å². The fraction of sp³-hybridized carbons (Fsp3) is 0.0909. The molecule has 2 aromatic rings. The molecule has 4 nitrogen and oxygen atoms in total. The summed E-state index contributed by atoms with van der Waals surface area (Å²) in [6.45, 7) is 1.78. The molecule has 0 saturated heterocycles. The largest absolute Gasteiger partial charge is 0.508 e. The van der Waals surface area contributed by atoms with E-state index in [2.05, 4.69) is 9.97 Å². The highest BCUT2D eigenvalue weighted by Crippen LogP contribution is 2.28. The predicted octanol–water partition coefficient (Wildman–Crippen LogP) is 2.28. The second-order valence-electron chi connectivity index (χ2n) is 3.05. The van der Waals surface area contributed by atoms with Crippen molar-refractivity contribution in [3.8, 4) is 17.4 Å². The molecule has 0 aliphatic heterocycles. The molecular formula is C11H10N2O2. The van der Waals surface area contributed by atoms with Crippen LogP contribution < -0.4 is 4.74 Å². The summed E-state index contributed by atoms with van der Waals surface area (Å²) in [4.78, 5) is 7.72. The van der Waals surface area contributed by atoms with E-state index in [1.807, 2.05) is 0 Å². The summed E-state index contributed by atoms with van der Waals surface area (Å²) in [5.74, 6) is 1.26. The van der Waals surface area contributed by atoms with Crippen LogP contribution in [0.3, 0.4) is 0 Å². The monoisotopic (exact) mass is 202 g/mol. The van der Waals surface area contributed by atoms with E-state index in [0.29, 0.717) is 17.2 Å². The minimum Gasteiger partial charge on any atom is -0.508 e. The molecule has 0 atom stereocenters. The summed E-state index contributed by atoms with van der Waals surface area (Å²) in [6.07, 6.45) is 3.01. The molecule has 0 aliphatic rings. The van der Waals surface area contributed by atoms with Crippen molar-refractivity contribution in [3.05, 3.63) is 42.4 Å². The van der Waals surface area contributed by atoms with Gasteiger partial charge < -0.3 is 9.84 Å². The van der Waals surface area contributed by atoms with Gasteiger partial charge in [0.05, 0.1) is 0 Å². The zero-order valence-electron chi connectivity index (χ0n) is 8.21. The van der Waals surface area contributed by atoms with Crippen molar-refractivity contribution < 1.29 is 9.84 Å². The lowest BCUT2D eigenvalue weighted by molar-refractivity contribution is 0.438. The van der Waals surface area contributed by atoms with Crippen molar-refractivity contribution in [2.24, 2.45) is 0 Å². The van der Waals surface area contributed by atoms with Gasteiger partial charge in [-0.3, -0.25) is 0 Å². The first-order valence-electron chi connectivity index (χ1n) is 4.50. The van der Waals surface area contributed by atoms with Crippen LogP contribution >= 0.6 is 0 Å². The van der Waals surface area contributed by atoms with E-state index in [9.17, 15) is 5.11 Å². The number of benzene rings is 1. The van der Waals surface area contributed by atoms with Crippen molar-refractivity contribution in [2.75, 3.05) is 0 Å². The maximum Gasteiger partial charge on any atom is 0.222 e. The van der Waals surface area contributed by atoms with Gasteiger partial charge >= 0.3 is 0 Å². The Balaban J connectivity index is 2.29. The Kier molecular flexibility index (Phi) is 2.49. The van der Waals surface area contributed by atoms with Crippen LogP contribution in [0.1, 0.15) is 5.56 Å². The number of hydrogen-bond acceptors (Lipinski definition) is 4. The Hall–Kier alpha value is -2.10. The number of phenolic OH excluding ortho intramolecular Hbond substituents is 1. The fourth-order valence-corrected chi connectivity index (χ4v) is 1.17. The van der Waals surface area contributed by atoms with Gasteiger partial charge in [-0.05, 0) is 19.1 Å². The third kappa shape index (κ3) is 2.04. The molecule has 0 fully saturated rings. The van der Waals surface area contributed by atoms with Crippen LogP contribution in [0.4, 0.5) is 0 Å². The zero-order chi connectivity index (χ0) is 10.7. The Labute approximate surface area is 87.2 Å². The number of nitrogens with zero attached hydrogens (tertiary/aromatic N) is 2. The molecule has 0 spiro atoms. The van der Waals surface area contributed by atoms with E-state index < -0.39 is 0 Å². The van der Waals surface area contributed by atoms with Crippen molar-refractivity contribution in [2.45, 2.75) is 6.92 Å². The molecule has 0 amide bonds. The zero-order valence-corrected chi connectivity index (χ0v) is 8.21. The summed E-state index contributed by atoms with van der Waals surface area (Å²) in [5, 5.41) is 9.47. The topological polar surface area (TPSA) is 55.2 Å². The molecule has 2 rings (SSSR count). The number of ether oxygens (including phenoxy) is 1. The molecular weight excluding hydrogens is 192 g/mol. The number of aromatic hydroxyl groups is 1. The van der Waals surface area contributed by atoms with Gasteiger partial charge in [0, 0.05) is 17.8 Å². The van der Waals surface area contributed by atoms with Gasteiger partial charge in [-0.15, -0.1) is 0 Å². The molecule has 1 N–H and O–H groups in total. The van der Waals surface area contributed by atoms with Gasteiger partial charge in [0.2, 0.25) is 5.88 Å². The minimum absolute atomic E-state index is 0.210. The van der Waals surface area contributed by atoms with Crippen molar-refractivity contribution >= 4 is 0 Å². The van der Waals surface area contributed by atoms with Gasteiger partial charge in [0.25, 0.3) is 0 Å². The summed E-state index contributed by atoms with van der Waals surface area (Å²) >= 11 is 0. The van der Waals surface area contributed by atoms with Gasteiger partial charge in [0.15, 0.2) is 0 Å². The van der Waals surface area contributed by atoms with Crippen LogP contribution in [-0.4, -0.2) is 15.1 Å². The van der Waals surface area contributed by atoms with Crippen LogP contribution in [0.15, 0.2) is 36.8 Å². The molecule has 1 heterocycles. The van der Waals surface area contributed by atoms with Crippen LogP contribution in [0.25, 0.3) is 0 Å². The number of rotatable bonds is 2. The van der Waals surface area contributed by atoms with E-state index in [1.54, 1.807) is 37.4 Å². The fourth-order valence-electron chi connectivity index (χ4n) is 1.17. The maximum absolute atomic E-state index is 9.47. The first kappa shape index (κ1) is 9.45. The average molecular weight is 202 g/mol. The highest BCUT2D eigenvalue weighted by atomic mass is 16.5. The van der Waals surface area contributed by atoms with E-state index in [1.165, 1.54) is 6.33 Å². The molecule has 0 aliphatic carbocycles. The lowest BCUT2D eigenvalue weighted by Gasteiger charge is -2.07. The van der Waals surface area contributed by atoms with Crippen LogP contribution in [-0.2, 0) is 0 Å². The van der Waals surface area contributed by atoms with Crippen molar-refractivity contribution in [3.63, 3.8) is 0 Å². The third-order valence-electron chi connectivity index (χ3n) is 2.02.